The van der Waals surface area contributed by atoms with Crippen molar-refractivity contribution in [2.45, 2.75) is 44.1 Å². The van der Waals surface area contributed by atoms with Gasteiger partial charge in [-0.1, -0.05) is 30.3 Å². The van der Waals surface area contributed by atoms with Crippen molar-refractivity contribution in [3.05, 3.63) is 35.9 Å². The number of benzene rings is 1. The van der Waals surface area contributed by atoms with Gasteiger partial charge in [0.2, 0.25) is 0 Å². The van der Waals surface area contributed by atoms with Crippen molar-refractivity contribution in [1.29, 1.82) is 0 Å². The fourth-order valence-electron chi connectivity index (χ4n) is 4.01. The third-order valence-corrected chi connectivity index (χ3v) is 5.53. The van der Waals surface area contributed by atoms with Crippen LogP contribution in [0.4, 0.5) is 4.79 Å². The van der Waals surface area contributed by atoms with Crippen molar-refractivity contribution in [3.8, 4) is 0 Å². The highest BCUT2D eigenvalue weighted by Crippen LogP contribution is 2.28. The van der Waals surface area contributed by atoms with Crippen LogP contribution >= 0.6 is 0 Å². The summed E-state index contributed by atoms with van der Waals surface area (Å²) >= 11 is 0. The molecule has 2 heterocycles. The van der Waals surface area contributed by atoms with Crippen molar-refractivity contribution >= 4 is 12.1 Å². The average Bonchev–Trinajstić information content (AvgIpc) is 3.17. The first-order valence-corrected chi connectivity index (χ1v) is 9.46. The van der Waals surface area contributed by atoms with Gasteiger partial charge in [-0.25, -0.2) is 9.59 Å². The highest BCUT2D eigenvalue weighted by Gasteiger charge is 2.46. The minimum atomic E-state index is -0.627. The van der Waals surface area contributed by atoms with Crippen molar-refractivity contribution in [1.82, 2.24) is 9.80 Å². The Balaban J connectivity index is 1.64. The first-order chi connectivity index (χ1) is 13.1. The van der Waals surface area contributed by atoms with Gasteiger partial charge in [0.25, 0.3) is 0 Å². The summed E-state index contributed by atoms with van der Waals surface area (Å²) in [4.78, 5) is 28.9. The molecule has 2 saturated heterocycles. The zero-order chi connectivity index (χ0) is 19.2. The summed E-state index contributed by atoms with van der Waals surface area (Å²) in [5.74, 6) is -0.386. The maximum absolute atomic E-state index is 12.6. The molecule has 2 aliphatic heterocycles. The van der Waals surface area contributed by atoms with Crippen LogP contribution in [0.3, 0.4) is 0 Å². The van der Waals surface area contributed by atoms with E-state index in [1.54, 1.807) is 7.11 Å². The second kappa shape index (κ2) is 9.19. The lowest BCUT2D eigenvalue weighted by Gasteiger charge is -2.37. The van der Waals surface area contributed by atoms with Gasteiger partial charge >= 0.3 is 12.1 Å². The number of hydrogen-bond donors (Lipinski definition) is 0. The van der Waals surface area contributed by atoms with E-state index >= 15 is 0 Å². The van der Waals surface area contributed by atoms with Crippen LogP contribution in [0.1, 0.15) is 24.8 Å². The number of hydrogen-bond acceptors (Lipinski definition) is 6. The molecule has 0 radical (unpaired) electrons. The standard InChI is InChI=1S/C20H28N2O5/c1-25-16-8-11-21(12-9-16)17-10-13-22(18(17)19(23)26-2)20(24)27-14-15-6-4-3-5-7-15/h3-7,16-18H,8-14H2,1-2H3/t17-,18+/m0/s1. The molecule has 7 nitrogen and oxygen atoms in total. The molecule has 2 aliphatic rings. The number of piperidine rings is 1. The molecule has 3 rings (SSSR count). The normalized spacial score (nSPS) is 24.0. The Hall–Kier alpha value is -2.12. The van der Waals surface area contributed by atoms with Gasteiger partial charge < -0.3 is 14.2 Å². The lowest BCUT2D eigenvalue weighted by Crippen LogP contribution is -2.53. The summed E-state index contributed by atoms with van der Waals surface area (Å²) in [6.07, 6.45) is 2.39. The van der Waals surface area contributed by atoms with Crippen LogP contribution in [0.2, 0.25) is 0 Å². The first kappa shape index (κ1) is 19.6. The number of ether oxygens (including phenoxy) is 3. The van der Waals surface area contributed by atoms with Gasteiger partial charge in [-0.3, -0.25) is 9.80 Å². The van der Waals surface area contributed by atoms with Gasteiger partial charge in [-0.05, 0) is 24.8 Å². The molecule has 0 bridgehead atoms. The van der Waals surface area contributed by atoms with E-state index in [2.05, 4.69) is 4.90 Å². The molecule has 0 aliphatic carbocycles. The molecule has 2 atom stereocenters. The van der Waals surface area contributed by atoms with Crippen molar-refractivity contribution in [2.75, 3.05) is 33.9 Å². The first-order valence-electron chi connectivity index (χ1n) is 9.46. The average molecular weight is 376 g/mol. The zero-order valence-electron chi connectivity index (χ0n) is 16.0. The van der Waals surface area contributed by atoms with Gasteiger partial charge in [0, 0.05) is 32.8 Å². The second-order valence-corrected chi connectivity index (χ2v) is 7.03. The van der Waals surface area contributed by atoms with Crippen LogP contribution in [0.15, 0.2) is 30.3 Å². The molecule has 2 fully saturated rings. The molecular formula is C20H28N2O5. The SMILES string of the molecule is COC(=O)[C@H]1[C@@H](N2CCC(OC)CC2)CCN1C(=O)OCc1ccccc1. The van der Waals surface area contributed by atoms with Crippen LogP contribution < -0.4 is 0 Å². The van der Waals surface area contributed by atoms with E-state index in [0.717, 1.165) is 37.9 Å². The van der Waals surface area contributed by atoms with Crippen LogP contribution in [0, 0.1) is 0 Å². The van der Waals surface area contributed by atoms with Crippen LogP contribution in [0.5, 0.6) is 0 Å². The van der Waals surface area contributed by atoms with Gasteiger partial charge in [-0.15, -0.1) is 0 Å². The van der Waals surface area contributed by atoms with Crippen molar-refractivity contribution in [2.24, 2.45) is 0 Å². The number of esters is 1. The highest BCUT2D eigenvalue weighted by molar-refractivity contribution is 5.83. The third-order valence-electron chi connectivity index (χ3n) is 5.53. The molecule has 0 N–H and O–H groups in total. The Morgan fingerprint density at radius 1 is 1.04 bits per heavy atom. The topological polar surface area (TPSA) is 68.3 Å². The Morgan fingerprint density at radius 3 is 2.37 bits per heavy atom. The third kappa shape index (κ3) is 4.59. The van der Waals surface area contributed by atoms with Crippen LogP contribution in [-0.2, 0) is 25.6 Å². The Bertz CT molecular complexity index is 631. The number of carbonyl (C=O) groups excluding carboxylic acids is 2. The summed E-state index contributed by atoms with van der Waals surface area (Å²) in [7, 11) is 3.10. The van der Waals surface area contributed by atoms with Crippen LogP contribution in [0.25, 0.3) is 0 Å². The lowest BCUT2D eigenvalue weighted by atomic mass is 10.0. The van der Waals surface area contributed by atoms with E-state index in [-0.39, 0.29) is 24.7 Å². The van der Waals surface area contributed by atoms with Crippen LogP contribution in [-0.4, -0.2) is 73.9 Å². The van der Waals surface area contributed by atoms with E-state index < -0.39 is 12.1 Å². The number of nitrogens with zero attached hydrogens (tertiary/aromatic N) is 2. The molecule has 1 amide bonds. The van der Waals surface area contributed by atoms with Gasteiger partial charge in [0.05, 0.1) is 13.2 Å². The Kier molecular flexibility index (Phi) is 6.68. The maximum Gasteiger partial charge on any atom is 0.410 e. The van der Waals surface area contributed by atoms with E-state index in [4.69, 9.17) is 14.2 Å². The van der Waals surface area contributed by atoms with Gasteiger partial charge in [0.15, 0.2) is 0 Å². The predicted molar refractivity (Wildman–Crippen MR) is 99.1 cm³/mol. The number of methoxy groups -OCH3 is 2. The quantitative estimate of drug-likeness (QED) is 0.733. The Labute approximate surface area is 160 Å². The highest BCUT2D eigenvalue weighted by atomic mass is 16.6. The van der Waals surface area contributed by atoms with E-state index in [0.29, 0.717) is 6.54 Å². The minimum Gasteiger partial charge on any atom is -0.467 e. The summed E-state index contributed by atoms with van der Waals surface area (Å²) in [5, 5.41) is 0. The lowest BCUT2D eigenvalue weighted by molar-refractivity contribution is -0.147. The van der Waals surface area contributed by atoms with E-state index in [9.17, 15) is 9.59 Å². The minimum absolute atomic E-state index is 0.0421. The predicted octanol–water partition coefficient (Wildman–Crippen LogP) is 2.05. The summed E-state index contributed by atoms with van der Waals surface area (Å²) in [6.45, 7) is 2.38. The maximum atomic E-state index is 12.6. The fraction of sp³-hybridized carbons (Fsp3) is 0.600. The van der Waals surface area contributed by atoms with E-state index in [1.807, 2.05) is 30.3 Å². The molecule has 0 saturated carbocycles. The molecular weight excluding hydrogens is 348 g/mol. The number of likely N-dealkylation sites (tertiary alicyclic amines) is 2. The summed E-state index contributed by atoms with van der Waals surface area (Å²) < 4.78 is 15.9. The van der Waals surface area contributed by atoms with Gasteiger partial charge in [-0.2, -0.15) is 0 Å². The van der Waals surface area contributed by atoms with Crippen molar-refractivity contribution < 1.29 is 23.8 Å². The largest absolute Gasteiger partial charge is 0.467 e. The summed E-state index contributed by atoms with van der Waals surface area (Å²) in [6, 6.07) is 8.84. The Morgan fingerprint density at radius 2 is 1.74 bits per heavy atom. The summed E-state index contributed by atoms with van der Waals surface area (Å²) in [5.41, 5.74) is 0.915. The molecule has 0 aromatic heterocycles. The molecule has 1 aromatic carbocycles. The molecule has 0 unspecified atom stereocenters. The van der Waals surface area contributed by atoms with Gasteiger partial charge in [0.1, 0.15) is 12.6 Å². The number of amides is 1. The molecule has 7 heteroatoms. The monoisotopic (exact) mass is 376 g/mol. The molecule has 1 aromatic rings. The zero-order valence-corrected chi connectivity index (χ0v) is 16.0. The number of carbonyl (C=O) groups is 2. The smallest absolute Gasteiger partial charge is 0.410 e. The fourth-order valence-corrected chi connectivity index (χ4v) is 4.01. The molecule has 27 heavy (non-hydrogen) atoms. The number of rotatable bonds is 5. The molecule has 0 spiro atoms. The van der Waals surface area contributed by atoms with E-state index in [1.165, 1.54) is 12.0 Å². The van der Waals surface area contributed by atoms with Crippen molar-refractivity contribution in [3.63, 3.8) is 0 Å². The second-order valence-electron chi connectivity index (χ2n) is 7.03. The molecule has 148 valence electrons.